The van der Waals surface area contributed by atoms with Crippen molar-refractivity contribution in [3.8, 4) is 5.75 Å². The lowest BCUT2D eigenvalue weighted by Gasteiger charge is -2.08. The Bertz CT molecular complexity index is 589. The van der Waals surface area contributed by atoms with Gasteiger partial charge in [-0.1, -0.05) is 12.2 Å². The molecular formula is C15H20N2OS. The second-order valence-electron chi connectivity index (χ2n) is 4.63. The highest BCUT2D eigenvalue weighted by Crippen LogP contribution is 2.23. The minimum Gasteiger partial charge on any atom is -0.494 e. The Balaban J connectivity index is 2.49. The first kappa shape index (κ1) is 14.0. The summed E-state index contributed by atoms with van der Waals surface area (Å²) in [7, 11) is 0. The van der Waals surface area contributed by atoms with Crippen LogP contribution in [0.2, 0.25) is 0 Å². The van der Waals surface area contributed by atoms with Gasteiger partial charge in [0.05, 0.1) is 17.6 Å². The maximum atomic E-state index is 5.52. The average molecular weight is 276 g/mol. The van der Waals surface area contributed by atoms with Gasteiger partial charge in [0.2, 0.25) is 0 Å². The van der Waals surface area contributed by atoms with Gasteiger partial charge in [0.25, 0.3) is 0 Å². The van der Waals surface area contributed by atoms with E-state index >= 15 is 0 Å². The lowest BCUT2D eigenvalue weighted by Crippen LogP contribution is -2.05. The van der Waals surface area contributed by atoms with Gasteiger partial charge in [-0.2, -0.15) is 12.6 Å². The fraction of sp³-hybridized carbons (Fsp3) is 0.400. The standard InChI is InChI=1S/C15H20N2OS/c1-4-18-12-5-6-14-13(9-12)16-15(7-8-19)17(14)10-11(2)3/h5-6,9,19H,2,4,7-8,10H2,1,3H3. The van der Waals surface area contributed by atoms with Crippen LogP contribution in [0.15, 0.2) is 30.4 Å². The Morgan fingerprint density at radius 3 is 2.89 bits per heavy atom. The molecule has 19 heavy (non-hydrogen) atoms. The van der Waals surface area contributed by atoms with Gasteiger partial charge in [-0.3, -0.25) is 0 Å². The zero-order chi connectivity index (χ0) is 13.8. The molecule has 0 aliphatic heterocycles. The number of ether oxygens (including phenoxy) is 1. The number of hydrogen-bond acceptors (Lipinski definition) is 3. The third-order valence-electron chi connectivity index (χ3n) is 2.87. The van der Waals surface area contributed by atoms with Gasteiger partial charge in [-0.15, -0.1) is 0 Å². The topological polar surface area (TPSA) is 27.1 Å². The molecule has 0 atom stereocenters. The summed E-state index contributed by atoms with van der Waals surface area (Å²) in [6.45, 7) is 9.47. The van der Waals surface area contributed by atoms with Crippen molar-refractivity contribution in [2.75, 3.05) is 12.4 Å². The molecule has 0 bridgehead atoms. The maximum Gasteiger partial charge on any atom is 0.121 e. The molecule has 2 rings (SSSR count). The van der Waals surface area contributed by atoms with Crippen LogP contribution in [0.1, 0.15) is 19.7 Å². The molecule has 1 aromatic heterocycles. The summed E-state index contributed by atoms with van der Waals surface area (Å²) in [6, 6.07) is 6.06. The van der Waals surface area contributed by atoms with Crippen molar-refractivity contribution in [1.82, 2.24) is 9.55 Å². The normalized spacial score (nSPS) is 10.9. The largest absolute Gasteiger partial charge is 0.494 e. The zero-order valence-electron chi connectivity index (χ0n) is 11.5. The summed E-state index contributed by atoms with van der Waals surface area (Å²) in [4.78, 5) is 4.69. The first-order valence-corrected chi connectivity index (χ1v) is 7.16. The van der Waals surface area contributed by atoms with E-state index in [0.717, 1.165) is 46.9 Å². The fourth-order valence-electron chi connectivity index (χ4n) is 2.15. The predicted molar refractivity (Wildman–Crippen MR) is 83.3 cm³/mol. The third-order valence-corrected chi connectivity index (χ3v) is 3.10. The molecule has 0 spiro atoms. The van der Waals surface area contributed by atoms with E-state index < -0.39 is 0 Å². The van der Waals surface area contributed by atoms with Gasteiger partial charge in [0.15, 0.2) is 0 Å². The van der Waals surface area contributed by atoms with Crippen molar-refractivity contribution in [2.45, 2.75) is 26.8 Å². The van der Waals surface area contributed by atoms with Crippen LogP contribution < -0.4 is 4.74 Å². The summed E-state index contributed by atoms with van der Waals surface area (Å²) in [5.41, 5.74) is 3.22. The van der Waals surface area contributed by atoms with Crippen LogP contribution in [0.25, 0.3) is 11.0 Å². The maximum absolute atomic E-state index is 5.52. The summed E-state index contributed by atoms with van der Waals surface area (Å²) < 4.78 is 7.73. The highest BCUT2D eigenvalue weighted by molar-refractivity contribution is 7.80. The quantitative estimate of drug-likeness (QED) is 0.646. The molecule has 1 heterocycles. The molecule has 0 fully saturated rings. The molecule has 0 unspecified atom stereocenters. The molecule has 0 saturated carbocycles. The number of nitrogens with zero attached hydrogens (tertiary/aromatic N) is 2. The number of fused-ring (bicyclic) bond motifs is 1. The van der Waals surface area contributed by atoms with Gasteiger partial charge in [0.1, 0.15) is 11.6 Å². The second-order valence-corrected chi connectivity index (χ2v) is 5.08. The van der Waals surface area contributed by atoms with E-state index in [0.29, 0.717) is 6.61 Å². The lowest BCUT2D eigenvalue weighted by atomic mass is 10.2. The van der Waals surface area contributed by atoms with Gasteiger partial charge in [-0.05, 0) is 31.7 Å². The highest BCUT2D eigenvalue weighted by Gasteiger charge is 2.11. The molecule has 2 aromatic rings. The van der Waals surface area contributed by atoms with E-state index in [1.54, 1.807) is 0 Å². The Hall–Kier alpha value is -1.42. The Kier molecular flexibility index (Phi) is 4.53. The third kappa shape index (κ3) is 3.13. The van der Waals surface area contributed by atoms with Crippen LogP contribution in [-0.2, 0) is 13.0 Å². The van der Waals surface area contributed by atoms with E-state index in [-0.39, 0.29) is 0 Å². The lowest BCUT2D eigenvalue weighted by molar-refractivity contribution is 0.340. The highest BCUT2D eigenvalue weighted by atomic mass is 32.1. The van der Waals surface area contributed by atoms with Gasteiger partial charge >= 0.3 is 0 Å². The second kappa shape index (κ2) is 6.15. The molecule has 0 aliphatic carbocycles. The van der Waals surface area contributed by atoms with Crippen molar-refractivity contribution < 1.29 is 4.74 Å². The van der Waals surface area contributed by atoms with E-state index in [1.807, 2.05) is 26.0 Å². The molecule has 0 amide bonds. The van der Waals surface area contributed by atoms with E-state index in [1.165, 1.54) is 0 Å². The van der Waals surface area contributed by atoms with E-state index in [2.05, 4.69) is 29.8 Å². The van der Waals surface area contributed by atoms with Crippen molar-refractivity contribution >= 4 is 23.7 Å². The minimum atomic E-state index is 0.668. The van der Waals surface area contributed by atoms with Crippen LogP contribution in [0.3, 0.4) is 0 Å². The Labute approximate surface area is 119 Å². The van der Waals surface area contributed by atoms with Gasteiger partial charge in [0, 0.05) is 19.0 Å². The van der Waals surface area contributed by atoms with Crippen LogP contribution >= 0.6 is 12.6 Å². The molecular weight excluding hydrogens is 256 g/mol. The van der Waals surface area contributed by atoms with E-state index in [4.69, 9.17) is 9.72 Å². The SMILES string of the molecule is C=C(C)Cn1c(CCS)nc2cc(OCC)ccc21. The molecule has 0 radical (unpaired) electrons. The Morgan fingerprint density at radius 1 is 1.47 bits per heavy atom. The Morgan fingerprint density at radius 2 is 2.26 bits per heavy atom. The molecule has 1 aromatic carbocycles. The average Bonchev–Trinajstić information content (AvgIpc) is 2.67. The number of aromatic nitrogens is 2. The number of thiol groups is 1. The zero-order valence-corrected chi connectivity index (χ0v) is 12.4. The van der Waals surface area contributed by atoms with E-state index in [9.17, 15) is 0 Å². The molecule has 4 heteroatoms. The number of imidazole rings is 1. The molecule has 0 aliphatic rings. The van der Waals surface area contributed by atoms with Crippen molar-refractivity contribution in [1.29, 1.82) is 0 Å². The number of aryl methyl sites for hydroxylation is 1. The molecule has 102 valence electrons. The summed E-state index contributed by atoms with van der Waals surface area (Å²) in [5.74, 6) is 2.71. The van der Waals surface area contributed by atoms with Gasteiger partial charge < -0.3 is 9.30 Å². The van der Waals surface area contributed by atoms with Gasteiger partial charge in [-0.25, -0.2) is 4.98 Å². The fourth-order valence-corrected chi connectivity index (χ4v) is 2.35. The molecule has 0 N–H and O–H groups in total. The monoisotopic (exact) mass is 276 g/mol. The minimum absolute atomic E-state index is 0.668. The molecule has 0 saturated heterocycles. The number of hydrogen-bond donors (Lipinski definition) is 1. The summed E-state index contributed by atoms with van der Waals surface area (Å²) in [5, 5.41) is 0. The number of allylic oxidation sites excluding steroid dienone is 1. The predicted octanol–water partition coefficient (Wildman–Crippen LogP) is 3.48. The smallest absolute Gasteiger partial charge is 0.121 e. The first-order chi connectivity index (χ1) is 9.15. The number of benzene rings is 1. The molecule has 3 nitrogen and oxygen atoms in total. The number of rotatable bonds is 6. The van der Waals surface area contributed by atoms with Crippen molar-refractivity contribution in [2.24, 2.45) is 0 Å². The van der Waals surface area contributed by atoms with Crippen molar-refractivity contribution in [3.05, 3.63) is 36.2 Å². The summed E-state index contributed by atoms with van der Waals surface area (Å²) in [6.07, 6.45) is 0.856. The van der Waals surface area contributed by atoms with Crippen LogP contribution in [0, 0.1) is 0 Å². The van der Waals surface area contributed by atoms with Crippen LogP contribution in [0.4, 0.5) is 0 Å². The van der Waals surface area contributed by atoms with Crippen molar-refractivity contribution in [3.63, 3.8) is 0 Å². The van der Waals surface area contributed by atoms with Crippen LogP contribution in [-0.4, -0.2) is 21.9 Å². The van der Waals surface area contributed by atoms with Crippen LogP contribution in [0.5, 0.6) is 5.75 Å². The summed E-state index contributed by atoms with van der Waals surface area (Å²) >= 11 is 4.30. The first-order valence-electron chi connectivity index (χ1n) is 6.53.